The third-order valence-electron chi connectivity index (χ3n) is 2.24. The molecule has 0 saturated carbocycles. The molecule has 1 rings (SSSR count). The highest BCUT2D eigenvalue weighted by atomic mass is 35.5. The SMILES string of the molecule is CCOCC(C)(O)Cc1c(Cl)cccc1Cl. The molecule has 0 aliphatic heterocycles. The van der Waals surface area contributed by atoms with Gasteiger partial charge in [0, 0.05) is 23.1 Å². The maximum atomic E-state index is 10.1. The van der Waals surface area contributed by atoms with Crippen molar-refractivity contribution in [3.8, 4) is 0 Å². The quantitative estimate of drug-likeness (QED) is 0.883. The van der Waals surface area contributed by atoms with Crippen molar-refractivity contribution in [2.24, 2.45) is 0 Å². The Bertz CT molecular complexity index is 331. The Hall–Kier alpha value is -0.280. The van der Waals surface area contributed by atoms with Crippen molar-refractivity contribution in [1.82, 2.24) is 0 Å². The monoisotopic (exact) mass is 262 g/mol. The van der Waals surface area contributed by atoms with Gasteiger partial charge in [0.05, 0.1) is 12.2 Å². The van der Waals surface area contributed by atoms with E-state index < -0.39 is 5.60 Å². The molecule has 0 fully saturated rings. The Morgan fingerprint density at radius 2 is 1.88 bits per heavy atom. The van der Waals surface area contributed by atoms with Gasteiger partial charge in [-0.15, -0.1) is 0 Å². The number of rotatable bonds is 5. The maximum Gasteiger partial charge on any atom is 0.0893 e. The highest BCUT2D eigenvalue weighted by molar-refractivity contribution is 6.36. The summed E-state index contributed by atoms with van der Waals surface area (Å²) in [6.45, 7) is 4.44. The third kappa shape index (κ3) is 3.95. The van der Waals surface area contributed by atoms with E-state index >= 15 is 0 Å². The Morgan fingerprint density at radius 1 is 1.31 bits per heavy atom. The normalized spacial score (nSPS) is 14.8. The van der Waals surface area contributed by atoms with Crippen molar-refractivity contribution in [3.05, 3.63) is 33.8 Å². The fourth-order valence-corrected chi connectivity index (χ4v) is 1.99. The summed E-state index contributed by atoms with van der Waals surface area (Å²) in [7, 11) is 0. The number of hydrogen-bond donors (Lipinski definition) is 1. The first-order chi connectivity index (χ1) is 7.46. The Morgan fingerprint density at radius 3 is 2.38 bits per heavy atom. The topological polar surface area (TPSA) is 29.5 Å². The first kappa shape index (κ1) is 13.8. The maximum absolute atomic E-state index is 10.1. The van der Waals surface area contributed by atoms with Gasteiger partial charge >= 0.3 is 0 Å². The van der Waals surface area contributed by atoms with Crippen molar-refractivity contribution >= 4 is 23.2 Å². The lowest BCUT2D eigenvalue weighted by Gasteiger charge is -2.24. The van der Waals surface area contributed by atoms with Crippen LogP contribution in [-0.4, -0.2) is 23.9 Å². The minimum Gasteiger partial charge on any atom is -0.387 e. The van der Waals surface area contributed by atoms with Gasteiger partial charge in [-0.1, -0.05) is 29.3 Å². The molecule has 16 heavy (non-hydrogen) atoms. The molecule has 0 amide bonds. The summed E-state index contributed by atoms with van der Waals surface area (Å²) in [5.41, 5.74) is -0.194. The molecule has 90 valence electrons. The van der Waals surface area contributed by atoms with Crippen LogP contribution in [0.3, 0.4) is 0 Å². The van der Waals surface area contributed by atoms with Crippen molar-refractivity contribution in [2.45, 2.75) is 25.9 Å². The number of ether oxygens (including phenoxy) is 1. The average molecular weight is 263 g/mol. The summed E-state index contributed by atoms with van der Waals surface area (Å²) in [6.07, 6.45) is 0.380. The lowest BCUT2D eigenvalue weighted by Crippen LogP contribution is -2.33. The van der Waals surface area contributed by atoms with Gasteiger partial charge in [0.15, 0.2) is 0 Å². The summed E-state index contributed by atoms with van der Waals surface area (Å²) in [4.78, 5) is 0. The van der Waals surface area contributed by atoms with Crippen molar-refractivity contribution in [3.63, 3.8) is 0 Å². The molecule has 0 bridgehead atoms. The van der Waals surface area contributed by atoms with Crippen LogP contribution in [0.5, 0.6) is 0 Å². The number of aliphatic hydroxyl groups is 1. The average Bonchev–Trinajstić information content (AvgIpc) is 2.21. The molecule has 1 aromatic carbocycles. The van der Waals surface area contributed by atoms with Crippen LogP contribution in [0.15, 0.2) is 18.2 Å². The second-order valence-electron chi connectivity index (χ2n) is 4.01. The van der Waals surface area contributed by atoms with Gasteiger partial charge in [-0.3, -0.25) is 0 Å². The zero-order chi connectivity index (χ0) is 12.2. The molecular weight excluding hydrogens is 247 g/mol. The van der Waals surface area contributed by atoms with E-state index in [4.69, 9.17) is 27.9 Å². The summed E-state index contributed by atoms with van der Waals surface area (Å²) in [5, 5.41) is 11.3. The minimum atomic E-state index is -0.954. The molecule has 0 aromatic heterocycles. The molecule has 0 aliphatic rings. The van der Waals surface area contributed by atoms with Gasteiger partial charge in [0.25, 0.3) is 0 Å². The van der Waals surface area contributed by atoms with Gasteiger partial charge in [-0.25, -0.2) is 0 Å². The second kappa shape index (κ2) is 5.87. The van der Waals surface area contributed by atoms with E-state index in [1.165, 1.54) is 0 Å². The van der Waals surface area contributed by atoms with E-state index in [1.807, 2.05) is 6.92 Å². The lowest BCUT2D eigenvalue weighted by atomic mass is 9.97. The smallest absolute Gasteiger partial charge is 0.0893 e. The predicted molar refractivity (Wildman–Crippen MR) is 67.3 cm³/mol. The molecule has 4 heteroatoms. The molecule has 0 radical (unpaired) electrons. The molecule has 1 N–H and O–H groups in total. The molecule has 0 heterocycles. The van der Waals surface area contributed by atoms with Crippen LogP contribution >= 0.6 is 23.2 Å². The second-order valence-corrected chi connectivity index (χ2v) is 4.83. The van der Waals surface area contributed by atoms with Crippen molar-refractivity contribution < 1.29 is 9.84 Å². The fourth-order valence-electron chi connectivity index (χ4n) is 1.46. The standard InChI is InChI=1S/C12H16Cl2O2/c1-3-16-8-12(2,15)7-9-10(13)5-4-6-11(9)14/h4-6,15H,3,7-8H2,1-2H3. The van der Waals surface area contributed by atoms with E-state index in [2.05, 4.69) is 0 Å². The van der Waals surface area contributed by atoms with E-state index in [9.17, 15) is 5.11 Å². The first-order valence-electron chi connectivity index (χ1n) is 5.19. The molecule has 1 aromatic rings. The van der Waals surface area contributed by atoms with E-state index in [1.54, 1.807) is 25.1 Å². The molecule has 0 spiro atoms. The van der Waals surface area contributed by atoms with Gasteiger partial charge in [0.2, 0.25) is 0 Å². The van der Waals surface area contributed by atoms with E-state index in [0.29, 0.717) is 23.1 Å². The van der Waals surface area contributed by atoms with Crippen LogP contribution in [0.1, 0.15) is 19.4 Å². The number of benzene rings is 1. The minimum absolute atomic E-state index is 0.269. The predicted octanol–water partition coefficient (Wildman–Crippen LogP) is 3.32. The zero-order valence-electron chi connectivity index (χ0n) is 9.46. The molecule has 2 nitrogen and oxygen atoms in total. The Kier molecular flexibility index (Phi) is 5.06. The number of hydrogen-bond acceptors (Lipinski definition) is 2. The molecular formula is C12H16Cl2O2. The zero-order valence-corrected chi connectivity index (χ0v) is 11.0. The summed E-state index contributed by atoms with van der Waals surface area (Å²) in [6, 6.07) is 5.31. The van der Waals surface area contributed by atoms with Crippen LogP contribution in [0, 0.1) is 0 Å². The van der Waals surface area contributed by atoms with Crippen LogP contribution in [0.4, 0.5) is 0 Å². The Balaban J connectivity index is 2.79. The van der Waals surface area contributed by atoms with Gasteiger partial charge in [-0.2, -0.15) is 0 Å². The molecule has 1 unspecified atom stereocenters. The van der Waals surface area contributed by atoms with Gasteiger partial charge < -0.3 is 9.84 Å². The van der Waals surface area contributed by atoms with E-state index in [-0.39, 0.29) is 6.61 Å². The highest BCUT2D eigenvalue weighted by Gasteiger charge is 2.23. The van der Waals surface area contributed by atoms with Crippen molar-refractivity contribution in [2.75, 3.05) is 13.2 Å². The fraction of sp³-hybridized carbons (Fsp3) is 0.500. The Labute approximate surface area is 106 Å². The van der Waals surface area contributed by atoms with Gasteiger partial charge in [0.1, 0.15) is 0 Å². The van der Waals surface area contributed by atoms with Crippen LogP contribution in [0.2, 0.25) is 10.0 Å². The lowest BCUT2D eigenvalue weighted by molar-refractivity contribution is -0.0296. The van der Waals surface area contributed by atoms with E-state index in [0.717, 1.165) is 5.56 Å². The highest BCUT2D eigenvalue weighted by Crippen LogP contribution is 2.28. The summed E-state index contributed by atoms with van der Waals surface area (Å²) >= 11 is 12.1. The first-order valence-corrected chi connectivity index (χ1v) is 5.95. The number of halogens is 2. The summed E-state index contributed by atoms with van der Waals surface area (Å²) < 4.78 is 5.21. The largest absolute Gasteiger partial charge is 0.387 e. The molecule has 0 aliphatic carbocycles. The van der Waals surface area contributed by atoms with Crippen molar-refractivity contribution in [1.29, 1.82) is 0 Å². The van der Waals surface area contributed by atoms with Crippen LogP contribution in [0.25, 0.3) is 0 Å². The van der Waals surface area contributed by atoms with Gasteiger partial charge in [-0.05, 0) is 31.5 Å². The third-order valence-corrected chi connectivity index (χ3v) is 2.94. The van der Waals surface area contributed by atoms with Crippen LogP contribution in [-0.2, 0) is 11.2 Å². The molecule has 1 atom stereocenters. The summed E-state index contributed by atoms with van der Waals surface area (Å²) in [5.74, 6) is 0. The molecule has 0 saturated heterocycles. The van der Waals surface area contributed by atoms with Crippen LogP contribution < -0.4 is 0 Å².